The number of fused-ring (bicyclic) bond motifs is 1. The first-order valence-electron chi connectivity index (χ1n) is 8.62. The van der Waals surface area contributed by atoms with Crippen molar-refractivity contribution < 1.29 is 9.11 Å². The molecule has 136 valence electrons. The molecule has 0 aliphatic carbocycles. The average Bonchev–Trinajstić information content (AvgIpc) is 3.14. The SMILES string of the molecule is CN1c2ccc(-c3ccccc3)cc2CN([C@@H]2CCN(C#N)C2)S1(O)O. The maximum Gasteiger partial charge on any atom is 0.179 e. The first kappa shape index (κ1) is 17.2. The first-order chi connectivity index (χ1) is 12.5. The summed E-state index contributed by atoms with van der Waals surface area (Å²) in [5.41, 5.74) is 4.16. The highest BCUT2D eigenvalue weighted by molar-refractivity contribution is 8.23. The van der Waals surface area contributed by atoms with Crippen LogP contribution in [0.5, 0.6) is 0 Å². The van der Waals surface area contributed by atoms with Crippen molar-refractivity contribution in [2.75, 3.05) is 24.4 Å². The van der Waals surface area contributed by atoms with E-state index < -0.39 is 11.0 Å². The molecule has 2 aliphatic rings. The van der Waals surface area contributed by atoms with Crippen LogP contribution >= 0.6 is 11.0 Å². The van der Waals surface area contributed by atoms with Gasteiger partial charge in [-0.3, -0.25) is 13.4 Å². The van der Waals surface area contributed by atoms with E-state index in [4.69, 9.17) is 5.26 Å². The Morgan fingerprint density at radius 1 is 1.12 bits per heavy atom. The Hall–Kier alpha value is -2.24. The van der Waals surface area contributed by atoms with Gasteiger partial charge in [-0.05, 0) is 35.2 Å². The molecule has 2 heterocycles. The van der Waals surface area contributed by atoms with Crippen LogP contribution in [0.2, 0.25) is 0 Å². The van der Waals surface area contributed by atoms with Crippen LogP contribution in [0.4, 0.5) is 5.69 Å². The molecule has 1 fully saturated rings. The maximum absolute atomic E-state index is 10.8. The lowest BCUT2D eigenvalue weighted by atomic mass is 10.0. The van der Waals surface area contributed by atoms with E-state index in [0.717, 1.165) is 28.8 Å². The fourth-order valence-electron chi connectivity index (χ4n) is 3.77. The Kier molecular flexibility index (Phi) is 4.29. The summed E-state index contributed by atoms with van der Waals surface area (Å²) in [6.07, 6.45) is 2.92. The van der Waals surface area contributed by atoms with Crippen LogP contribution in [-0.2, 0) is 6.54 Å². The average molecular weight is 370 g/mol. The molecule has 0 saturated carbocycles. The number of nitrogens with zero attached hydrogens (tertiary/aromatic N) is 4. The Bertz CT molecular complexity index is 852. The van der Waals surface area contributed by atoms with Crippen molar-refractivity contribution >= 4 is 16.6 Å². The minimum Gasteiger partial charge on any atom is -0.309 e. The Morgan fingerprint density at radius 2 is 1.88 bits per heavy atom. The van der Waals surface area contributed by atoms with Gasteiger partial charge >= 0.3 is 0 Å². The van der Waals surface area contributed by atoms with Crippen molar-refractivity contribution in [3.63, 3.8) is 0 Å². The van der Waals surface area contributed by atoms with Crippen LogP contribution in [0, 0.1) is 11.5 Å². The molecule has 0 bridgehead atoms. The van der Waals surface area contributed by atoms with Crippen LogP contribution in [0.1, 0.15) is 12.0 Å². The van der Waals surface area contributed by atoms with Crippen molar-refractivity contribution in [2.24, 2.45) is 0 Å². The molecule has 26 heavy (non-hydrogen) atoms. The van der Waals surface area contributed by atoms with Gasteiger partial charge in [-0.2, -0.15) is 9.57 Å². The monoisotopic (exact) mass is 370 g/mol. The molecule has 4 rings (SSSR count). The summed E-state index contributed by atoms with van der Waals surface area (Å²) in [5.74, 6) is 0. The molecular formula is C19H22N4O2S. The highest BCUT2D eigenvalue weighted by Crippen LogP contribution is 2.56. The molecule has 7 heteroatoms. The second kappa shape index (κ2) is 6.49. The van der Waals surface area contributed by atoms with Crippen molar-refractivity contribution in [3.05, 3.63) is 54.1 Å². The normalized spacial score (nSPS) is 23.4. The van der Waals surface area contributed by atoms with Crippen LogP contribution in [0.3, 0.4) is 0 Å². The van der Waals surface area contributed by atoms with E-state index >= 15 is 0 Å². The Morgan fingerprint density at radius 3 is 2.58 bits per heavy atom. The van der Waals surface area contributed by atoms with E-state index in [1.165, 1.54) is 0 Å². The number of rotatable bonds is 2. The van der Waals surface area contributed by atoms with Gasteiger partial charge in [0, 0.05) is 26.7 Å². The standard InChI is InChI=1S/C19H22N4O2S/c1-21-19-8-7-16(15-5-3-2-4-6-15)11-17(19)12-23(26(21,24)25)18-9-10-22(13-18)14-20/h2-8,11,18,24-25H,9-10,12-13H2,1H3/t18-/m1/s1. The summed E-state index contributed by atoms with van der Waals surface area (Å²) in [5, 5.41) is 9.11. The lowest BCUT2D eigenvalue weighted by Gasteiger charge is -2.54. The summed E-state index contributed by atoms with van der Waals surface area (Å²) in [7, 11) is -1.36. The topological polar surface area (TPSA) is 74.0 Å². The van der Waals surface area contributed by atoms with Crippen molar-refractivity contribution in [2.45, 2.75) is 19.0 Å². The molecule has 1 saturated heterocycles. The second-order valence-corrected chi connectivity index (χ2v) is 8.76. The fraction of sp³-hybridized carbons (Fsp3) is 0.316. The Labute approximate surface area is 155 Å². The van der Waals surface area contributed by atoms with Crippen LogP contribution in [-0.4, -0.2) is 44.5 Å². The number of nitriles is 1. The molecule has 0 unspecified atom stereocenters. The fourth-order valence-corrected chi connectivity index (χ4v) is 5.41. The van der Waals surface area contributed by atoms with Crippen LogP contribution in [0.25, 0.3) is 11.1 Å². The predicted octanol–water partition coefficient (Wildman–Crippen LogP) is 3.74. The summed E-state index contributed by atoms with van der Waals surface area (Å²) in [6.45, 7) is 1.66. The van der Waals surface area contributed by atoms with Gasteiger partial charge in [0.1, 0.15) is 0 Å². The minimum absolute atomic E-state index is 0.0457. The predicted molar refractivity (Wildman–Crippen MR) is 104 cm³/mol. The van der Waals surface area contributed by atoms with Gasteiger partial charge in [0.05, 0.1) is 11.7 Å². The van der Waals surface area contributed by atoms with Crippen molar-refractivity contribution in [3.8, 4) is 17.3 Å². The molecule has 2 aromatic carbocycles. The third kappa shape index (κ3) is 2.81. The molecule has 2 aliphatic heterocycles. The van der Waals surface area contributed by atoms with E-state index in [9.17, 15) is 9.11 Å². The number of hydrogen-bond acceptors (Lipinski definition) is 6. The molecule has 1 atom stereocenters. The lowest BCUT2D eigenvalue weighted by molar-refractivity contribution is 0.271. The molecule has 0 amide bonds. The van der Waals surface area contributed by atoms with Crippen molar-refractivity contribution in [1.82, 2.24) is 9.21 Å². The zero-order valence-corrected chi connectivity index (χ0v) is 15.4. The summed E-state index contributed by atoms with van der Waals surface area (Å²) < 4.78 is 25.0. The Balaban J connectivity index is 1.69. The maximum atomic E-state index is 10.8. The zero-order valence-electron chi connectivity index (χ0n) is 14.6. The van der Waals surface area contributed by atoms with Gasteiger partial charge < -0.3 is 4.90 Å². The number of benzene rings is 2. The van der Waals surface area contributed by atoms with Crippen LogP contribution in [0.15, 0.2) is 48.5 Å². The molecule has 0 radical (unpaired) electrons. The number of likely N-dealkylation sites (tertiary alicyclic amines) is 1. The highest BCUT2D eigenvalue weighted by atomic mass is 32.3. The molecule has 0 aromatic heterocycles. The first-order valence-corrected chi connectivity index (χ1v) is 10.1. The third-order valence-electron chi connectivity index (χ3n) is 5.25. The van der Waals surface area contributed by atoms with Gasteiger partial charge in [0.15, 0.2) is 6.19 Å². The van der Waals surface area contributed by atoms with E-state index in [1.807, 2.05) is 30.3 Å². The molecule has 6 nitrogen and oxygen atoms in total. The number of hydrogen-bond donors (Lipinski definition) is 2. The third-order valence-corrected chi connectivity index (χ3v) is 7.23. The minimum atomic E-state index is -3.08. The molecule has 2 N–H and O–H groups in total. The van der Waals surface area contributed by atoms with E-state index in [0.29, 0.717) is 19.6 Å². The van der Waals surface area contributed by atoms with Gasteiger partial charge in [-0.25, -0.2) is 0 Å². The van der Waals surface area contributed by atoms with Gasteiger partial charge in [-0.1, -0.05) is 47.4 Å². The highest BCUT2D eigenvalue weighted by Gasteiger charge is 2.41. The van der Waals surface area contributed by atoms with Crippen molar-refractivity contribution in [1.29, 1.82) is 5.26 Å². The number of anilines is 1. The molecular weight excluding hydrogens is 348 g/mol. The summed E-state index contributed by atoms with van der Waals surface area (Å²) in [6, 6.07) is 16.2. The van der Waals surface area contributed by atoms with E-state index in [1.54, 1.807) is 20.6 Å². The van der Waals surface area contributed by atoms with Gasteiger partial charge in [-0.15, -0.1) is 0 Å². The zero-order chi connectivity index (χ0) is 18.3. The lowest BCUT2D eigenvalue weighted by Crippen LogP contribution is -2.47. The quantitative estimate of drug-likeness (QED) is 0.785. The summed E-state index contributed by atoms with van der Waals surface area (Å²) >= 11 is 0. The smallest absolute Gasteiger partial charge is 0.179 e. The van der Waals surface area contributed by atoms with E-state index in [2.05, 4.69) is 24.4 Å². The summed E-state index contributed by atoms with van der Waals surface area (Å²) in [4.78, 5) is 1.68. The van der Waals surface area contributed by atoms with Gasteiger partial charge in [0.2, 0.25) is 0 Å². The molecule has 2 aromatic rings. The van der Waals surface area contributed by atoms with E-state index in [-0.39, 0.29) is 6.04 Å². The van der Waals surface area contributed by atoms with Gasteiger partial charge in [0.25, 0.3) is 0 Å². The largest absolute Gasteiger partial charge is 0.309 e. The second-order valence-electron chi connectivity index (χ2n) is 6.76. The molecule has 0 spiro atoms. The van der Waals surface area contributed by atoms with Crippen LogP contribution < -0.4 is 4.31 Å².